The number of ether oxygens (including phenoxy) is 2. The number of phenolic OH excluding ortho intramolecular Hbond substituents is 1. The number of rotatable bonds is 5. The lowest BCUT2D eigenvalue weighted by Crippen LogP contribution is -2.81. The fraction of sp³-hybridized carbons (Fsp3) is 0.500. The summed E-state index contributed by atoms with van der Waals surface area (Å²) in [5.74, 6) is 0.973. The fourth-order valence-electron chi connectivity index (χ4n) is 9.09. The van der Waals surface area contributed by atoms with Gasteiger partial charge in [0.15, 0.2) is 11.5 Å². The van der Waals surface area contributed by atoms with E-state index in [4.69, 9.17) is 9.47 Å². The normalized spacial score (nSPS) is 37.6. The minimum Gasteiger partial charge on any atom is -0.504 e. The van der Waals surface area contributed by atoms with Crippen molar-refractivity contribution < 1.29 is 19.4 Å². The molecule has 0 unspecified atom stereocenters. The highest BCUT2D eigenvalue weighted by Crippen LogP contribution is 2.76. The minimum absolute atomic E-state index is 0.0479. The predicted molar refractivity (Wildman–Crippen MR) is 137 cm³/mol. The van der Waals surface area contributed by atoms with Crippen molar-refractivity contribution >= 4 is 12.0 Å². The van der Waals surface area contributed by atoms with Crippen molar-refractivity contribution in [1.29, 1.82) is 0 Å². The highest BCUT2D eigenvalue weighted by molar-refractivity contribution is 5.91. The number of carbonyl (C=O) groups is 1. The van der Waals surface area contributed by atoms with E-state index in [1.807, 2.05) is 43.5 Å². The van der Waals surface area contributed by atoms with Crippen LogP contribution in [-0.2, 0) is 21.4 Å². The van der Waals surface area contributed by atoms with Gasteiger partial charge in [-0.3, -0.25) is 4.79 Å². The molecule has 6 atom stereocenters. The van der Waals surface area contributed by atoms with E-state index in [0.29, 0.717) is 18.3 Å². The zero-order chi connectivity index (χ0) is 24.7. The van der Waals surface area contributed by atoms with Gasteiger partial charge in [-0.05, 0) is 69.0 Å². The Morgan fingerprint density at radius 2 is 2.06 bits per heavy atom. The number of hydrogen-bond donors (Lipinski definition) is 2. The molecule has 2 aromatic carbocycles. The molecule has 0 aromatic heterocycles. The van der Waals surface area contributed by atoms with Crippen molar-refractivity contribution in [3.05, 3.63) is 65.2 Å². The molecule has 4 fully saturated rings. The lowest BCUT2D eigenvalue weighted by molar-refractivity contribution is -0.274. The number of hydrogen-bond acceptors (Lipinski definition) is 5. The van der Waals surface area contributed by atoms with Crippen LogP contribution in [0.1, 0.15) is 42.4 Å². The Labute approximate surface area is 212 Å². The average Bonchev–Trinajstić information content (AvgIpc) is 3.28. The molecule has 0 radical (unpaired) electrons. The minimum atomic E-state index is -0.501. The van der Waals surface area contributed by atoms with Crippen LogP contribution in [0.5, 0.6) is 11.5 Å². The van der Waals surface area contributed by atoms with Crippen LogP contribution in [0.2, 0.25) is 0 Å². The molecule has 2 aromatic rings. The highest BCUT2D eigenvalue weighted by Gasteiger charge is 2.80. The fourth-order valence-corrected chi connectivity index (χ4v) is 9.09. The SMILES string of the molecule is CO[C@@]12CC[C@@]3(C[C@@H]1CNC(=O)/C=C/c1ccccc1)[C@H]1Cc4ccc(O)c5c4[C@@]3(CCN1C)[C@H]2O5. The number of aromatic hydroxyl groups is 1. The number of amides is 1. The number of fused-ring (bicyclic) bond motifs is 2. The number of nitrogens with zero attached hydrogens (tertiary/aromatic N) is 1. The molecule has 6 aliphatic rings. The first-order valence-electron chi connectivity index (χ1n) is 13.2. The van der Waals surface area contributed by atoms with Gasteiger partial charge in [0, 0.05) is 48.1 Å². The summed E-state index contributed by atoms with van der Waals surface area (Å²) in [6.07, 6.45) is 8.29. The Bertz CT molecular complexity index is 1260. The van der Waals surface area contributed by atoms with E-state index in [-0.39, 0.29) is 34.5 Å². The van der Waals surface area contributed by atoms with Gasteiger partial charge in [-0.15, -0.1) is 0 Å². The van der Waals surface area contributed by atoms with Crippen LogP contribution >= 0.6 is 0 Å². The van der Waals surface area contributed by atoms with Crippen molar-refractivity contribution in [3.8, 4) is 11.5 Å². The first-order valence-corrected chi connectivity index (χ1v) is 13.2. The number of likely N-dealkylation sites (tertiary alicyclic amines) is 1. The molecular formula is C30H34N2O4. The molecule has 2 spiro atoms. The zero-order valence-electron chi connectivity index (χ0n) is 21.0. The largest absolute Gasteiger partial charge is 0.504 e. The molecule has 4 bridgehead atoms. The second kappa shape index (κ2) is 7.59. The van der Waals surface area contributed by atoms with Crippen molar-refractivity contribution in [3.63, 3.8) is 0 Å². The maximum Gasteiger partial charge on any atom is 0.244 e. The smallest absolute Gasteiger partial charge is 0.244 e. The summed E-state index contributed by atoms with van der Waals surface area (Å²) in [6, 6.07) is 14.2. The second-order valence-corrected chi connectivity index (χ2v) is 11.6. The van der Waals surface area contributed by atoms with Gasteiger partial charge in [0.1, 0.15) is 11.7 Å². The molecule has 8 rings (SSSR count). The Balaban J connectivity index is 1.25. The van der Waals surface area contributed by atoms with Crippen LogP contribution in [0.4, 0.5) is 0 Å². The molecule has 4 aliphatic carbocycles. The molecule has 1 saturated heterocycles. The molecule has 3 saturated carbocycles. The maximum absolute atomic E-state index is 12.8. The van der Waals surface area contributed by atoms with E-state index in [9.17, 15) is 9.90 Å². The van der Waals surface area contributed by atoms with Crippen LogP contribution in [0, 0.1) is 11.3 Å². The summed E-state index contributed by atoms with van der Waals surface area (Å²) >= 11 is 0. The Morgan fingerprint density at radius 1 is 1.22 bits per heavy atom. The van der Waals surface area contributed by atoms with Crippen molar-refractivity contribution in [2.45, 2.75) is 55.3 Å². The summed E-state index contributed by atoms with van der Waals surface area (Å²) in [5.41, 5.74) is 2.98. The number of carbonyl (C=O) groups excluding carboxylic acids is 1. The van der Waals surface area contributed by atoms with Crippen LogP contribution in [0.3, 0.4) is 0 Å². The average molecular weight is 487 g/mol. The van der Waals surface area contributed by atoms with E-state index in [2.05, 4.69) is 23.3 Å². The highest BCUT2D eigenvalue weighted by atomic mass is 16.6. The first-order chi connectivity index (χ1) is 17.4. The summed E-state index contributed by atoms with van der Waals surface area (Å²) in [5, 5.41) is 14.0. The number of benzene rings is 2. The number of nitrogens with one attached hydrogen (secondary N) is 1. The summed E-state index contributed by atoms with van der Waals surface area (Å²) in [7, 11) is 4.07. The van der Waals surface area contributed by atoms with Crippen molar-refractivity contribution in [2.24, 2.45) is 11.3 Å². The second-order valence-electron chi connectivity index (χ2n) is 11.6. The van der Waals surface area contributed by atoms with E-state index in [1.165, 1.54) is 11.1 Å². The van der Waals surface area contributed by atoms with Crippen LogP contribution < -0.4 is 10.1 Å². The van der Waals surface area contributed by atoms with Gasteiger partial charge in [0.2, 0.25) is 5.91 Å². The lowest BCUT2D eigenvalue weighted by Gasteiger charge is -2.73. The molecular weight excluding hydrogens is 452 g/mol. The Kier molecular flexibility index (Phi) is 4.72. The third-order valence-electron chi connectivity index (χ3n) is 10.5. The zero-order valence-corrected chi connectivity index (χ0v) is 21.0. The van der Waals surface area contributed by atoms with Crippen LogP contribution in [0.25, 0.3) is 6.08 Å². The monoisotopic (exact) mass is 486 g/mol. The number of methoxy groups -OCH3 is 1. The summed E-state index contributed by atoms with van der Waals surface area (Å²) < 4.78 is 13.2. The van der Waals surface area contributed by atoms with Gasteiger partial charge in [0.05, 0.1) is 0 Å². The maximum atomic E-state index is 12.8. The molecule has 188 valence electrons. The number of piperidine rings is 1. The number of likely N-dealkylation sites (N-methyl/N-ethyl adjacent to an activating group) is 1. The molecule has 6 heteroatoms. The van der Waals surface area contributed by atoms with Gasteiger partial charge in [-0.25, -0.2) is 0 Å². The van der Waals surface area contributed by atoms with E-state index in [0.717, 1.165) is 44.2 Å². The standard InChI is InChI=1S/C30H34N2O4/c1-32-15-14-29-25-20-9-10-22(33)26(25)36-27(29)30(35-2)13-12-28(29,23(32)16-20)17-21(30)18-31-24(34)11-8-19-6-4-3-5-7-19/h3-11,21,23,27,33H,12-18H2,1-2H3,(H,31,34)/b11-8+/t21-,23-,27-,28-,29+,30+/m1/s1. The van der Waals surface area contributed by atoms with Crippen LogP contribution in [-0.4, -0.2) is 60.9 Å². The van der Waals surface area contributed by atoms with Crippen LogP contribution in [0.15, 0.2) is 48.5 Å². The number of phenols is 1. The third kappa shape index (κ3) is 2.61. The van der Waals surface area contributed by atoms with Gasteiger partial charge in [-0.2, -0.15) is 0 Å². The third-order valence-corrected chi connectivity index (χ3v) is 10.5. The van der Waals surface area contributed by atoms with Gasteiger partial charge >= 0.3 is 0 Å². The molecule has 2 heterocycles. The Morgan fingerprint density at radius 3 is 2.86 bits per heavy atom. The molecule has 2 N–H and O–H groups in total. The first kappa shape index (κ1) is 22.4. The summed E-state index contributed by atoms with van der Waals surface area (Å²) in [6.45, 7) is 1.57. The van der Waals surface area contributed by atoms with Crippen molar-refractivity contribution in [1.82, 2.24) is 10.2 Å². The Hall–Kier alpha value is -2.83. The molecule has 6 nitrogen and oxygen atoms in total. The van der Waals surface area contributed by atoms with Gasteiger partial charge in [-0.1, -0.05) is 36.4 Å². The van der Waals surface area contributed by atoms with Gasteiger partial charge in [0.25, 0.3) is 0 Å². The van der Waals surface area contributed by atoms with E-state index in [1.54, 1.807) is 12.1 Å². The van der Waals surface area contributed by atoms with Gasteiger partial charge < -0.3 is 24.8 Å². The molecule has 2 aliphatic heterocycles. The van der Waals surface area contributed by atoms with E-state index >= 15 is 0 Å². The topological polar surface area (TPSA) is 71.0 Å². The predicted octanol–water partition coefficient (Wildman–Crippen LogP) is 3.67. The van der Waals surface area contributed by atoms with E-state index < -0.39 is 5.60 Å². The molecule has 1 amide bonds. The molecule has 36 heavy (non-hydrogen) atoms. The summed E-state index contributed by atoms with van der Waals surface area (Å²) in [4.78, 5) is 15.4. The lowest BCUT2D eigenvalue weighted by atomic mass is 9.35. The quantitative estimate of drug-likeness (QED) is 0.631. The van der Waals surface area contributed by atoms with Crippen molar-refractivity contribution in [2.75, 3.05) is 27.2 Å².